The predicted molar refractivity (Wildman–Crippen MR) is 176 cm³/mol. The van der Waals surface area contributed by atoms with Crippen molar-refractivity contribution in [1.82, 2.24) is 9.55 Å². The molecule has 0 radical (unpaired) electrons. The summed E-state index contributed by atoms with van der Waals surface area (Å²) in [5.74, 6) is 0.871. The SMILES string of the molecule is c1ccc2cc3c(cc2c1)c1cc2oc4ccccc4c2cc1n3-c1ccc(-c2cccc3oc4ccccc4c23)cn1. The second kappa shape index (κ2) is 8.34. The minimum atomic E-state index is 0.871. The zero-order chi connectivity index (χ0) is 28.1. The molecule has 4 nitrogen and oxygen atoms in total. The Balaban J connectivity index is 1.24. The van der Waals surface area contributed by atoms with Crippen LogP contribution < -0.4 is 0 Å². The molecule has 0 spiro atoms. The van der Waals surface area contributed by atoms with Crippen LogP contribution in [0.4, 0.5) is 0 Å². The highest BCUT2D eigenvalue weighted by Gasteiger charge is 2.18. The van der Waals surface area contributed by atoms with Gasteiger partial charge in [-0.2, -0.15) is 0 Å². The van der Waals surface area contributed by atoms with E-state index in [-0.39, 0.29) is 0 Å². The third kappa shape index (κ3) is 3.18. The molecule has 10 rings (SSSR count). The van der Waals surface area contributed by atoms with Crippen molar-refractivity contribution in [2.45, 2.75) is 0 Å². The maximum atomic E-state index is 6.30. The maximum Gasteiger partial charge on any atom is 0.137 e. The van der Waals surface area contributed by atoms with Crippen molar-refractivity contribution in [2.75, 3.05) is 0 Å². The van der Waals surface area contributed by atoms with Gasteiger partial charge in [0.15, 0.2) is 0 Å². The standard InChI is InChI=1S/C39H22N2O2/c1-2-9-24-19-32-29(18-23(24)8-1)30-21-37-31(27-10-3-5-13-34(27)43-37)20-33(30)41(32)38-17-16-25(22-40-38)26-12-7-15-36-39(26)28-11-4-6-14-35(28)42-36/h1-22H. The third-order valence-electron chi connectivity index (χ3n) is 8.82. The Morgan fingerprint density at radius 1 is 0.465 bits per heavy atom. The number of fused-ring (bicyclic) bond motifs is 10. The van der Waals surface area contributed by atoms with Gasteiger partial charge in [-0.1, -0.05) is 72.8 Å². The summed E-state index contributed by atoms with van der Waals surface area (Å²) in [4.78, 5) is 5.09. The lowest BCUT2D eigenvalue weighted by Gasteiger charge is -2.09. The van der Waals surface area contributed by atoms with Gasteiger partial charge in [0.1, 0.15) is 28.1 Å². The topological polar surface area (TPSA) is 44.1 Å². The van der Waals surface area contributed by atoms with E-state index in [4.69, 9.17) is 13.8 Å². The van der Waals surface area contributed by atoms with Crippen molar-refractivity contribution in [3.63, 3.8) is 0 Å². The molecule has 0 amide bonds. The Kier molecular flexibility index (Phi) is 4.42. The number of aromatic nitrogens is 2. The van der Waals surface area contributed by atoms with Gasteiger partial charge in [-0.05, 0) is 70.9 Å². The van der Waals surface area contributed by atoms with Gasteiger partial charge in [0, 0.05) is 44.1 Å². The van der Waals surface area contributed by atoms with Crippen LogP contribution in [0.15, 0.2) is 142 Å². The van der Waals surface area contributed by atoms with Crippen LogP contribution >= 0.6 is 0 Å². The van der Waals surface area contributed by atoms with Crippen molar-refractivity contribution >= 4 is 76.5 Å². The highest BCUT2D eigenvalue weighted by molar-refractivity contribution is 6.19. The van der Waals surface area contributed by atoms with Crippen molar-refractivity contribution in [3.05, 3.63) is 134 Å². The number of hydrogen-bond acceptors (Lipinski definition) is 3. The molecule has 43 heavy (non-hydrogen) atoms. The Hall–Kier alpha value is -5.87. The van der Waals surface area contributed by atoms with Gasteiger partial charge in [-0.3, -0.25) is 4.57 Å². The molecule has 10 aromatic rings. The molecule has 0 atom stereocenters. The number of furan rings is 2. The Morgan fingerprint density at radius 3 is 1.98 bits per heavy atom. The molecule has 0 bridgehead atoms. The van der Waals surface area contributed by atoms with Gasteiger partial charge in [0.2, 0.25) is 0 Å². The largest absolute Gasteiger partial charge is 0.456 e. The molecular weight excluding hydrogens is 528 g/mol. The summed E-state index contributed by atoms with van der Waals surface area (Å²) >= 11 is 0. The summed E-state index contributed by atoms with van der Waals surface area (Å²) < 4.78 is 14.7. The van der Waals surface area contributed by atoms with Gasteiger partial charge < -0.3 is 8.83 Å². The first-order valence-corrected chi connectivity index (χ1v) is 14.5. The summed E-state index contributed by atoms with van der Waals surface area (Å²) in [6.45, 7) is 0. The Morgan fingerprint density at radius 2 is 1.14 bits per heavy atom. The zero-order valence-electron chi connectivity index (χ0n) is 22.9. The monoisotopic (exact) mass is 550 g/mol. The summed E-state index contributed by atoms with van der Waals surface area (Å²) in [5.41, 5.74) is 7.95. The summed E-state index contributed by atoms with van der Waals surface area (Å²) in [6, 6.07) is 44.5. The highest BCUT2D eigenvalue weighted by Crippen LogP contribution is 2.40. The molecule has 0 saturated heterocycles. The summed E-state index contributed by atoms with van der Waals surface area (Å²) in [5, 5.41) is 9.18. The van der Waals surface area contributed by atoms with E-state index in [0.717, 1.165) is 77.2 Å². The van der Waals surface area contributed by atoms with E-state index < -0.39 is 0 Å². The van der Waals surface area contributed by atoms with Gasteiger partial charge in [-0.25, -0.2) is 4.98 Å². The average molecular weight is 551 g/mol. The Labute approximate surface area is 245 Å². The molecule has 4 aromatic heterocycles. The van der Waals surface area contributed by atoms with Crippen LogP contribution in [0.25, 0.3) is 93.4 Å². The van der Waals surface area contributed by atoms with E-state index in [2.05, 4.69) is 95.6 Å². The summed E-state index contributed by atoms with van der Waals surface area (Å²) in [7, 11) is 0. The van der Waals surface area contributed by atoms with Crippen LogP contribution in [0.1, 0.15) is 0 Å². The molecule has 0 unspecified atom stereocenters. The molecule has 0 aliphatic heterocycles. The number of pyridine rings is 1. The molecular formula is C39H22N2O2. The van der Waals surface area contributed by atoms with E-state index in [1.54, 1.807) is 0 Å². The molecule has 4 heterocycles. The minimum Gasteiger partial charge on any atom is -0.456 e. The van der Waals surface area contributed by atoms with Crippen molar-refractivity contribution < 1.29 is 8.83 Å². The van der Waals surface area contributed by atoms with Crippen LogP contribution in [-0.4, -0.2) is 9.55 Å². The number of hydrogen-bond donors (Lipinski definition) is 0. The molecule has 4 heteroatoms. The summed E-state index contributed by atoms with van der Waals surface area (Å²) in [6.07, 6.45) is 1.98. The number of benzene rings is 6. The van der Waals surface area contributed by atoms with E-state index in [0.29, 0.717) is 0 Å². The molecule has 0 N–H and O–H groups in total. The second-order valence-electron chi connectivity index (χ2n) is 11.2. The second-order valence-corrected chi connectivity index (χ2v) is 11.2. The minimum absolute atomic E-state index is 0.871. The first kappa shape index (κ1) is 22.8. The van der Waals surface area contributed by atoms with Gasteiger partial charge in [0.05, 0.1) is 11.0 Å². The average Bonchev–Trinajstić information content (AvgIpc) is 3.71. The van der Waals surface area contributed by atoms with E-state index >= 15 is 0 Å². The Bertz CT molecular complexity index is 2720. The lowest BCUT2D eigenvalue weighted by Crippen LogP contribution is -1.97. The van der Waals surface area contributed by atoms with Crippen LogP contribution in [0, 0.1) is 0 Å². The zero-order valence-corrected chi connectivity index (χ0v) is 22.9. The van der Waals surface area contributed by atoms with Gasteiger partial charge in [0.25, 0.3) is 0 Å². The highest BCUT2D eigenvalue weighted by atomic mass is 16.3. The van der Waals surface area contributed by atoms with Crippen molar-refractivity contribution in [3.8, 4) is 16.9 Å². The lowest BCUT2D eigenvalue weighted by atomic mass is 10.0. The van der Waals surface area contributed by atoms with Gasteiger partial charge >= 0.3 is 0 Å². The van der Waals surface area contributed by atoms with E-state index in [1.807, 2.05) is 42.6 Å². The molecule has 0 saturated carbocycles. The van der Waals surface area contributed by atoms with Crippen LogP contribution in [0.2, 0.25) is 0 Å². The first-order valence-electron chi connectivity index (χ1n) is 14.5. The predicted octanol–water partition coefficient (Wildman–Crippen LogP) is 10.8. The number of para-hydroxylation sites is 2. The molecule has 200 valence electrons. The molecule has 6 aromatic carbocycles. The fourth-order valence-corrected chi connectivity index (χ4v) is 6.86. The maximum absolute atomic E-state index is 6.30. The van der Waals surface area contributed by atoms with Gasteiger partial charge in [-0.15, -0.1) is 0 Å². The molecule has 0 fully saturated rings. The lowest BCUT2D eigenvalue weighted by molar-refractivity contribution is 0.669. The number of rotatable bonds is 2. The fourth-order valence-electron chi connectivity index (χ4n) is 6.86. The van der Waals surface area contributed by atoms with Crippen LogP contribution in [0.5, 0.6) is 0 Å². The van der Waals surface area contributed by atoms with E-state index in [1.165, 1.54) is 16.2 Å². The smallest absolute Gasteiger partial charge is 0.137 e. The normalized spacial score (nSPS) is 12.2. The first-order chi connectivity index (χ1) is 21.3. The van der Waals surface area contributed by atoms with Crippen molar-refractivity contribution in [2.24, 2.45) is 0 Å². The van der Waals surface area contributed by atoms with Crippen LogP contribution in [0.3, 0.4) is 0 Å². The fraction of sp³-hybridized carbons (Fsp3) is 0. The number of nitrogens with zero attached hydrogens (tertiary/aromatic N) is 2. The van der Waals surface area contributed by atoms with E-state index in [9.17, 15) is 0 Å². The quantitative estimate of drug-likeness (QED) is 0.215. The van der Waals surface area contributed by atoms with Crippen molar-refractivity contribution in [1.29, 1.82) is 0 Å². The van der Waals surface area contributed by atoms with Crippen LogP contribution in [-0.2, 0) is 0 Å². The molecule has 0 aliphatic rings. The molecule has 0 aliphatic carbocycles. The third-order valence-corrected chi connectivity index (χ3v) is 8.82.